The average molecular weight is 270 g/mol. The summed E-state index contributed by atoms with van der Waals surface area (Å²) in [4.78, 5) is 12.3. The molecule has 0 saturated carbocycles. The summed E-state index contributed by atoms with van der Waals surface area (Å²) in [5.74, 6) is -0.142. The number of carbonyl (C=O) groups excluding carboxylic acids is 1. The molecule has 0 aromatic heterocycles. The molecule has 2 heteroatoms. The summed E-state index contributed by atoms with van der Waals surface area (Å²) in [5, 5.41) is 0. The maximum atomic E-state index is 12.3. The lowest BCUT2D eigenvalue weighted by Crippen LogP contribution is -2.25. The quantitative estimate of drug-likeness (QED) is 0.555. The molecule has 2 nitrogen and oxygen atoms in total. The third-order valence-electron chi connectivity index (χ3n) is 4.53. The van der Waals surface area contributed by atoms with Gasteiger partial charge in [-0.15, -0.1) is 0 Å². The molecular formula is C18H22O2. The standard InChI is InChI=1S/C18H22O2/c1-11(2)10-15-13-7-8-14-12(16(13)17(19)20-15)6-5-9-18(14,3)4/h7-8,10,15H,5-6,9H2,1-4H3/t15-/m0/s1. The average Bonchev–Trinajstić information content (AvgIpc) is 2.65. The molecule has 0 spiro atoms. The molecule has 0 radical (unpaired) electrons. The zero-order chi connectivity index (χ0) is 14.5. The third-order valence-corrected chi connectivity index (χ3v) is 4.53. The Morgan fingerprint density at radius 1 is 1.35 bits per heavy atom. The smallest absolute Gasteiger partial charge is 0.339 e. The first-order valence-electron chi connectivity index (χ1n) is 7.42. The van der Waals surface area contributed by atoms with E-state index in [1.807, 2.05) is 19.9 Å². The van der Waals surface area contributed by atoms with Crippen molar-refractivity contribution in [3.63, 3.8) is 0 Å². The van der Waals surface area contributed by atoms with E-state index in [-0.39, 0.29) is 17.5 Å². The summed E-state index contributed by atoms with van der Waals surface area (Å²) in [6.07, 6.45) is 5.17. The molecule has 106 valence electrons. The van der Waals surface area contributed by atoms with Crippen molar-refractivity contribution in [2.45, 2.75) is 58.5 Å². The summed E-state index contributed by atoms with van der Waals surface area (Å²) in [6, 6.07) is 4.30. The second-order valence-corrected chi connectivity index (χ2v) is 6.86. The molecular weight excluding hydrogens is 248 g/mol. The minimum Gasteiger partial charge on any atom is -0.450 e. The first-order valence-corrected chi connectivity index (χ1v) is 7.42. The molecule has 1 aromatic carbocycles. The minimum atomic E-state index is -0.196. The normalized spacial score (nSPS) is 22.8. The number of carbonyl (C=O) groups is 1. The molecule has 0 N–H and O–H groups in total. The lowest BCUT2D eigenvalue weighted by molar-refractivity contribution is 0.0465. The number of rotatable bonds is 1. The number of benzene rings is 1. The Kier molecular flexibility index (Phi) is 3.00. The van der Waals surface area contributed by atoms with Gasteiger partial charge in [0.15, 0.2) is 0 Å². The Morgan fingerprint density at radius 2 is 2.10 bits per heavy atom. The van der Waals surface area contributed by atoms with E-state index in [0.717, 1.165) is 24.0 Å². The number of hydrogen-bond donors (Lipinski definition) is 0. The van der Waals surface area contributed by atoms with Crippen LogP contribution in [0.15, 0.2) is 23.8 Å². The minimum absolute atomic E-state index is 0.142. The van der Waals surface area contributed by atoms with Crippen LogP contribution in [0, 0.1) is 0 Å². The van der Waals surface area contributed by atoms with Gasteiger partial charge in [0.05, 0.1) is 5.56 Å². The van der Waals surface area contributed by atoms with E-state index in [9.17, 15) is 4.79 Å². The summed E-state index contributed by atoms with van der Waals surface area (Å²) >= 11 is 0. The predicted molar refractivity (Wildman–Crippen MR) is 80.0 cm³/mol. The third kappa shape index (κ3) is 1.98. The van der Waals surface area contributed by atoms with E-state index in [2.05, 4.69) is 26.0 Å². The molecule has 1 aliphatic heterocycles. The highest BCUT2D eigenvalue weighted by molar-refractivity contribution is 5.96. The van der Waals surface area contributed by atoms with Crippen molar-refractivity contribution >= 4 is 5.97 Å². The zero-order valence-electron chi connectivity index (χ0n) is 12.7. The van der Waals surface area contributed by atoms with E-state index in [4.69, 9.17) is 4.74 Å². The van der Waals surface area contributed by atoms with E-state index < -0.39 is 0 Å². The largest absolute Gasteiger partial charge is 0.450 e. The highest BCUT2D eigenvalue weighted by Crippen LogP contribution is 2.43. The van der Waals surface area contributed by atoms with Crippen LogP contribution < -0.4 is 0 Å². The summed E-state index contributed by atoms with van der Waals surface area (Å²) in [6.45, 7) is 8.61. The highest BCUT2D eigenvalue weighted by Gasteiger charge is 2.37. The van der Waals surface area contributed by atoms with Crippen molar-refractivity contribution in [3.05, 3.63) is 46.0 Å². The van der Waals surface area contributed by atoms with Crippen molar-refractivity contribution in [1.29, 1.82) is 0 Å². The van der Waals surface area contributed by atoms with E-state index in [1.165, 1.54) is 23.1 Å². The molecule has 0 amide bonds. The van der Waals surface area contributed by atoms with E-state index >= 15 is 0 Å². The molecule has 1 aliphatic carbocycles. The van der Waals surface area contributed by atoms with Gasteiger partial charge in [-0.1, -0.05) is 31.6 Å². The van der Waals surface area contributed by atoms with Gasteiger partial charge < -0.3 is 4.74 Å². The molecule has 2 aliphatic rings. The van der Waals surface area contributed by atoms with Crippen LogP contribution >= 0.6 is 0 Å². The monoisotopic (exact) mass is 270 g/mol. The van der Waals surface area contributed by atoms with Crippen molar-refractivity contribution in [2.24, 2.45) is 0 Å². The topological polar surface area (TPSA) is 26.3 Å². The van der Waals surface area contributed by atoms with Gasteiger partial charge >= 0.3 is 5.97 Å². The molecule has 0 saturated heterocycles. The van der Waals surface area contributed by atoms with Gasteiger partial charge in [0.2, 0.25) is 0 Å². The van der Waals surface area contributed by atoms with Gasteiger partial charge in [-0.05, 0) is 55.7 Å². The fourth-order valence-corrected chi connectivity index (χ4v) is 3.54. The lowest BCUT2D eigenvalue weighted by Gasteiger charge is -2.33. The van der Waals surface area contributed by atoms with Crippen LogP contribution in [0.2, 0.25) is 0 Å². The number of esters is 1. The van der Waals surface area contributed by atoms with E-state index in [1.54, 1.807) is 0 Å². The Labute approximate surface area is 120 Å². The molecule has 0 fully saturated rings. The van der Waals surface area contributed by atoms with Crippen LogP contribution in [0.25, 0.3) is 0 Å². The number of ether oxygens (including phenoxy) is 1. The van der Waals surface area contributed by atoms with Crippen LogP contribution in [0.4, 0.5) is 0 Å². The van der Waals surface area contributed by atoms with Crippen LogP contribution in [-0.4, -0.2) is 5.97 Å². The maximum Gasteiger partial charge on any atom is 0.339 e. The first-order chi connectivity index (χ1) is 9.40. The summed E-state index contributed by atoms with van der Waals surface area (Å²) < 4.78 is 5.56. The summed E-state index contributed by atoms with van der Waals surface area (Å²) in [5.41, 5.74) is 5.79. The van der Waals surface area contributed by atoms with Crippen LogP contribution in [0.1, 0.15) is 73.7 Å². The highest BCUT2D eigenvalue weighted by atomic mass is 16.5. The Morgan fingerprint density at radius 3 is 2.80 bits per heavy atom. The van der Waals surface area contributed by atoms with Crippen LogP contribution in [0.5, 0.6) is 0 Å². The Bertz CT molecular complexity index is 604. The Balaban J connectivity index is 2.17. The second-order valence-electron chi connectivity index (χ2n) is 6.86. The number of cyclic esters (lactones) is 1. The molecule has 20 heavy (non-hydrogen) atoms. The van der Waals surface area contributed by atoms with Crippen molar-refractivity contribution in [2.75, 3.05) is 0 Å². The zero-order valence-corrected chi connectivity index (χ0v) is 12.7. The van der Waals surface area contributed by atoms with Crippen LogP contribution in [0.3, 0.4) is 0 Å². The Hall–Kier alpha value is -1.57. The molecule has 1 aromatic rings. The summed E-state index contributed by atoms with van der Waals surface area (Å²) in [7, 11) is 0. The van der Waals surface area contributed by atoms with Gasteiger partial charge in [0, 0.05) is 5.56 Å². The first kappa shape index (κ1) is 13.4. The van der Waals surface area contributed by atoms with Gasteiger partial charge in [-0.25, -0.2) is 4.79 Å². The van der Waals surface area contributed by atoms with Crippen molar-refractivity contribution < 1.29 is 9.53 Å². The SMILES string of the molecule is CC(C)=C[C@@H]1OC(=O)c2c1ccc1c2CCCC1(C)C. The van der Waals surface area contributed by atoms with Crippen molar-refractivity contribution in [1.82, 2.24) is 0 Å². The number of allylic oxidation sites excluding steroid dienone is 1. The fraction of sp³-hybridized carbons (Fsp3) is 0.500. The van der Waals surface area contributed by atoms with Gasteiger partial charge in [0.1, 0.15) is 6.10 Å². The fourth-order valence-electron chi connectivity index (χ4n) is 3.54. The molecule has 0 bridgehead atoms. The van der Waals surface area contributed by atoms with Gasteiger partial charge in [0.25, 0.3) is 0 Å². The maximum absolute atomic E-state index is 12.3. The van der Waals surface area contributed by atoms with Gasteiger partial charge in [-0.3, -0.25) is 0 Å². The molecule has 0 unspecified atom stereocenters. The predicted octanol–water partition coefficient (Wildman–Crippen LogP) is 4.48. The second kappa shape index (κ2) is 4.47. The van der Waals surface area contributed by atoms with Crippen molar-refractivity contribution in [3.8, 4) is 0 Å². The van der Waals surface area contributed by atoms with E-state index in [0.29, 0.717) is 0 Å². The number of hydrogen-bond acceptors (Lipinski definition) is 2. The molecule has 1 heterocycles. The number of fused-ring (bicyclic) bond motifs is 3. The molecule has 1 atom stereocenters. The van der Waals surface area contributed by atoms with Gasteiger partial charge in [-0.2, -0.15) is 0 Å². The lowest BCUT2D eigenvalue weighted by atomic mass is 9.71. The molecule has 3 rings (SSSR count). The van der Waals surface area contributed by atoms with Crippen LogP contribution in [-0.2, 0) is 16.6 Å².